The number of hydrogen-bond acceptors (Lipinski definition) is 6. The SMILES string of the molecule is COCCCN(CC(=O)N(CCc1ccc(OC)c(OC)c1)Cc1ccco1)C(=O)Nc1cc(C(F)(F)F)cc(C(F)(F)F)c1. The molecule has 0 aliphatic carbocycles. The van der Waals surface area contributed by atoms with E-state index in [9.17, 15) is 35.9 Å². The topological polar surface area (TPSA) is 93.5 Å². The Hall–Kier alpha value is -4.40. The van der Waals surface area contributed by atoms with Gasteiger partial charge in [-0.1, -0.05) is 6.07 Å². The van der Waals surface area contributed by atoms with Crippen molar-refractivity contribution in [3.05, 3.63) is 77.2 Å². The van der Waals surface area contributed by atoms with Gasteiger partial charge in [-0.3, -0.25) is 4.79 Å². The molecule has 0 aliphatic heterocycles. The summed E-state index contributed by atoms with van der Waals surface area (Å²) in [7, 11) is 4.40. The van der Waals surface area contributed by atoms with Crippen molar-refractivity contribution < 1.29 is 54.6 Å². The summed E-state index contributed by atoms with van der Waals surface area (Å²) < 4.78 is 101. The third kappa shape index (κ3) is 10.3. The minimum Gasteiger partial charge on any atom is -0.493 e. The fourth-order valence-electron chi connectivity index (χ4n) is 4.33. The zero-order valence-electron chi connectivity index (χ0n) is 24.8. The quantitative estimate of drug-likeness (QED) is 0.160. The number of hydrogen-bond donors (Lipinski definition) is 1. The van der Waals surface area contributed by atoms with E-state index in [0.717, 1.165) is 10.5 Å². The molecule has 1 aromatic heterocycles. The number of halogens is 6. The minimum absolute atomic E-state index is 0.0369. The number of benzene rings is 2. The van der Waals surface area contributed by atoms with Gasteiger partial charge >= 0.3 is 18.4 Å². The summed E-state index contributed by atoms with van der Waals surface area (Å²) in [5.41, 5.74) is -3.10. The van der Waals surface area contributed by atoms with E-state index in [0.29, 0.717) is 35.8 Å². The van der Waals surface area contributed by atoms with Gasteiger partial charge in [0.2, 0.25) is 5.91 Å². The lowest BCUT2D eigenvalue weighted by molar-refractivity contribution is -0.143. The Balaban J connectivity index is 1.84. The second kappa shape index (κ2) is 15.5. The smallest absolute Gasteiger partial charge is 0.416 e. The van der Waals surface area contributed by atoms with Crippen LogP contribution in [0.2, 0.25) is 0 Å². The lowest BCUT2D eigenvalue weighted by atomic mass is 10.1. The number of amides is 3. The fourth-order valence-corrected chi connectivity index (χ4v) is 4.33. The van der Waals surface area contributed by atoms with Gasteiger partial charge in [-0.15, -0.1) is 0 Å². The van der Waals surface area contributed by atoms with E-state index in [2.05, 4.69) is 5.32 Å². The molecule has 0 unspecified atom stereocenters. The maximum absolute atomic E-state index is 13.6. The molecule has 0 aliphatic rings. The van der Waals surface area contributed by atoms with Gasteiger partial charge < -0.3 is 33.7 Å². The first-order valence-electron chi connectivity index (χ1n) is 13.6. The predicted octanol–water partition coefficient (Wildman–Crippen LogP) is 6.48. The minimum atomic E-state index is -5.10. The number of carbonyl (C=O) groups is 2. The van der Waals surface area contributed by atoms with E-state index in [1.807, 2.05) is 0 Å². The van der Waals surface area contributed by atoms with Crippen LogP contribution in [-0.4, -0.2) is 69.3 Å². The number of anilines is 1. The average molecular weight is 646 g/mol. The average Bonchev–Trinajstić information content (AvgIpc) is 3.50. The van der Waals surface area contributed by atoms with Gasteiger partial charge in [0.05, 0.1) is 38.2 Å². The van der Waals surface area contributed by atoms with Gasteiger partial charge in [-0.2, -0.15) is 26.3 Å². The number of carbonyl (C=O) groups excluding carboxylic acids is 2. The van der Waals surface area contributed by atoms with E-state index in [4.69, 9.17) is 18.6 Å². The molecule has 3 aromatic rings. The first-order valence-corrected chi connectivity index (χ1v) is 13.6. The molecule has 3 rings (SSSR count). The van der Waals surface area contributed by atoms with Crippen molar-refractivity contribution >= 4 is 17.6 Å². The molecule has 1 N–H and O–H groups in total. The van der Waals surface area contributed by atoms with E-state index in [1.165, 1.54) is 32.5 Å². The van der Waals surface area contributed by atoms with Crippen molar-refractivity contribution in [2.45, 2.75) is 31.7 Å². The Kier molecular flexibility index (Phi) is 12.1. The highest BCUT2D eigenvalue weighted by Gasteiger charge is 2.37. The van der Waals surface area contributed by atoms with Crippen LogP contribution in [0.15, 0.2) is 59.2 Å². The van der Waals surface area contributed by atoms with Crippen molar-refractivity contribution in [2.24, 2.45) is 0 Å². The maximum atomic E-state index is 13.6. The zero-order valence-corrected chi connectivity index (χ0v) is 24.8. The summed E-state index contributed by atoms with van der Waals surface area (Å²) in [6, 6.07) is 8.25. The number of methoxy groups -OCH3 is 3. The molecular formula is C30H33F6N3O6. The third-order valence-corrected chi connectivity index (χ3v) is 6.63. The van der Waals surface area contributed by atoms with Crippen molar-refractivity contribution in [3.8, 4) is 11.5 Å². The predicted molar refractivity (Wildman–Crippen MR) is 151 cm³/mol. The molecule has 9 nitrogen and oxygen atoms in total. The second-order valence-corrected chi connectivity index (χ2v) is 9.83. The highest BCUT2D eigenvalue weighted by molar-refractivity contribution is 5.92. The van der Waals surface area contributed by atoms with Crippen molar-refractivity contribution in [2.75, 3.05) is 52.9 Å². The normalized spacial score (nSPS) is 11.7. The van der Waals surface area contributed by atoms with Crippen LogP contribution in [0.25, 0.3) is 0 Å². The number of alkyl halides is 6. The summed E-state index contributed by atoms with van der Waals surface area (Å²) in [4.78, 5) is 29.2. The van der Waals surface area contributed by atoms with Crippen LogP contribution >= 0.6 is 0 Å². The largest absolute Gasteiger partial charge is 0.493 e. The molecule has 15 heteroatoms. The van der Waals surface area contributed by atoms with Gasteiger partial charge in [-0.25, -0.2) is 4.79 Å². The molecule has 0 atom stereocenters. The van der Waals surface area contributed by atoms with Crippen molar-refractivity contribution in [3.63, 3.8) is 0 Å². The Morgan fingerprint density at radius 2 is 1.51 bits per heavy atom. The van der Waals surface area contributed by atoms with Crippen LogP contribution in [0.1, 0.15) is 28.9 Å². The number of nitrogens with one attached hydrogen (secondary N) is 1. The summed E-state index contributed by atoms with van der Waals surface area (Å²) >= 11 is 0. The van der Waals surface area contributed by atoms with Crippen LogP contribution in [0, 0.1) is 0 Å². The van der Waals surface area contributed by atoms with Crippen molar-refractivity contribution in [1.29, 1.82) is 0 Å². The molecule has 0 bridgehead atoms. The summed E-state index contributed by atoms with van der Waals surface area (Å²) in [5.74, 6) is 0.919. The molecule has 3 amide bonds. The summed E-state index contributed by atoms with van der Waals surface area (Å²) in [6.45, 7) is -0.233. The van der Waals surface area contributed by atoms with Gasteiger partial charge in [0.1, 0.15) is 12.3 Å². The molecule has 2 aromatic carbocycles. The van der Waals surface area contributed by atoms with Gasteiger partial charge in [0.15, 0.2) is 11.5 Å². The first kappa shape index (κ1) is 35.1. The van der Waals surface area contributed by atoms with Gasteiger partial charge in [-0.05, 0) is 60.9 Å². The zero-order chi connectivity index (χ0) is 33.2. The molecule has 45 heavy (non-hydrogen) atoms. The maximum Gasteiger partial charge on any atom is 0.416 e. The van der Waals surface area contributed by atoms with E-state index in [1.54, 1.807) is 30.3 Å². The van der Waals surface area contributed by atoms with Crippen LogP contribution in [0.3, 0.4) is 0 Å². The highest BCUT2D eigenvalue weighted by atomic mass is 19.4. The van der Waals surface area contributed by atoms with Gasteiger partial charge in [0, 0.05) is 32.5 Å². The lowest BCUT2D eigenvalue weighted by Gasteiger charge is -2.28. The Morgan fingerprint density at radius 1 is 0.844 bits per heavy atom. The molecule has 0 saturated heterocycles. The number of furan rings is 1. The molecule has 0 saturated carbocycles. The molecule has 0 fully saturated rings. The number of urea groups is 1. The van der Waals surface area contributed by atoms with E-state index >= 15 is 0 Å². The highest BCUT2D eigenvalue weighted by Crippen LogP contribution is 2.37. The Labute approximate surface area is 255 Å². The lowest BCUT2D eigenvalue weighted by Crippen LogP contribution is -2.45. The second-order valence-electron chi connectivity index (χ2n) is 9.83. The number of rotatable bonds is 14. The number of nitrogens with zero attached hydrogens (tertiary/aromatic N) is 2. The van der Waals surface area contributed by atoms with Crippen LogP contribution in [-0.2, 0) is 34.8 Å². The van der Waals surface area contributed by atoms with E-state index in [-0.39, 0.29) is 38.7 Å². The third-order valence-electron chi connectivity index (χ3n) is 6.63. The monoisotopic (exact) mass is 645 g/mol. The standard InChI is InChI=1S/C30H33F6N3O6/c1-42-12-5-10-39(28(41)37-23-16-21(29(31,32)33)15-22(17-23)30(34,35)36)19-27(40)38(18-24-6-4-13-45-24)11-9-20-7-8-25(43-2)26(14-20)44-3/h4,6-8,13-17H,5,9-12,18-19H2,1-3H3,(H,37,41). The van der Waals surface area contributed by atoms with Crippen LogP contribution < -0.4 is 14.8 Å². The molecule has 0 radical (unpaired) electrons. The summed E-state index contributed by atoms with van der Waals surface area (Å²) in [6.07, 6.45) is -8.17. The molecular weight excluding hydrogens is 612 g/mol. The summed E-state index contributed by atoms with van der Waals surface area (Å²) in [5, 5.41) is 2.10. The molecule has 0 spiro atoms. The van der Waals surface area contributed by atoms with Crippen LogP contribution in [0.4, 0.5) is 36.8 Å². The molecule has 246 valence electrons. The van der Waals surface area contributed by atoms with Crippen molar-refractivity contribution in [1.82, 2.24) is 9.80 Å². The van der Waals surface area contributed by atoms with Crippen LogP contribution in [0.5, 0.6) is 11.5 Å². The first-order chi connectivity index (χ1) is 21.2. The fraction of sp³-hybridized carbons (Fsp3) is 0.400. The Bertz CT molecular complexity index is 1380. The number of ether oxygens (including phenoxy) is 3. The van der Waals surface area contributed by atoms with E-state index < -0.39 is 47.6 Å². The van der Waals surface area contributed by atoms with Gasteiger partial charge in [0.25, 0.3) is 0 Å². The molecule has 1 heterocycles. The Morgan fingerprint density at radius 3 is 2.07 bits per heavy atom.